The van der Waals surface area contributed by atoms with E-state index < -0.39 is 18.1 Å². The highest BCUT2D eigenvalue weighted by Crippen LogP contribution is 2.33. The molecule has 162 valence electrons. The van der Waals surface area contributed by atoms with Crippen LogP contribution >= 0.6 is 0 Å². The molecule has 0 saturated carbocycles. The van der Waals surface area contributed by atoms with Crippen LogP contribution in [0.4, 0.5) is 8.78 Å². The van der Waals surface area contributed by atoms with Crippen LogP contribution in [0.2, 0.25) is 0 Å². The van der Waals surface area contributed by atoms with E-state index >= 15 is 0 Å². The minimum absolute atomic E-state index is 0.0460. The second-order valence-electron chi connectivity index (χ2n) is 8.23. The first-order valence-corrected chi connectivity index (χ1v) is 10.2. The van der Waals surface area contributed by atoms with E-state index in [0.717, 1.165) is 16.5 Å². The number of aryl methyl sites for hydroxylation is 1. The molecule has 8 nitrogen and oxygen atoms in total. The van der Waals surface area contributed by atoms with Gasteiger partial charge in [-0.15, -0.1) is 5.10 Å². The van der Waals surface area contributed by atoms with Gasteiger partial charge >= 0.3 is 0 Å². The molecule has 0 aliphatic carbocycles. The van der Waals surface area contributed by atoms with Crippen molar-refractivity contribution in [2.45, 2.75) is 38.5 Å². The minimum Gasteiger partial charge on any atom is -0.374 e. The van der Waals surface area contributed by atoms with Crippen molar-refractivity contribution >= 4 is 11.7 Å². The van der Waals surface area contributed by atoms with Crippen molar-refractivity contribution in [2.75, 3.05) is 13.1 Å². The highest BCUT2D eigenvalue weighted by molar-refractivity contribution is 5.91. The molecule has 5 rings (SSSR count). The molecular weight excluding hydrogens is 406 g/mol. The second kappa shape index (κ2) is 7.31. The molecule has 2 aromatic heterocycles. The standard InChI is InChI=1S/C21H22F2N6O2/c1-12-8-16(17(22)23)29-20(25-12)26-18(27-29)19(30)28-7-6-15-9-13-4-2-3-5-14(13)10-24-21(15,31)11-28/h2-5,8,15,17,24,31H,6-7,9-11H2,1H3/t15-,21-/m1/s1. The summed E-state index contributed by atoms with van der Waals surface area (Å²) in [4.78, 5) is 22.8. The largest absolute Gasteiger partial charge is 0.374 e. The number of fused-ring (bicyclic) bond motifs is 3. The fourth-order valence-corrected chi connectivity index (χ4v) is 4.54. The first-order chi connectivity index (χ1) is 14.8. The molecule has 1 saturated heterocycles. The summed E-state index contributed by atoms with van der Waals surface area (Å²) in [5, 5.41) is 18.6. The molecule has 0 spiro atoms. The smallest absolute Gasteiger partial charge is 0.293 e. The van der Waals surface area contributed by atoms with Gasteiger partial charge in [-0.2, -0.15) is 9.50 Å². The molecule has 1 aromatic carbocycles. The van der Waals surface area contributed by atoms with Crippen molar-refractivity contribution in [3.8, 4) is 0 Å². The van der Waals surface area contributed by atoms with Gasteiger partial charge in [0.1, 0.15) is 11.4 Å². The summed E-state index contributed by atoms with van der Waals surface area (Å²) >= 11 is 0. The summed E-state index contributed by atoms with van der Waals surface area (Å²) in [5.74, 6) is -0.822. The first-order valence-electron chi connectivity index (χ1n) is 10.2. The number of β-amino-alcohol motifs (C(OH)–C–C–N with tert-alkyl or cyclic N) is 1. The van der Waals surface area contributed by atoms with E-state index in [0.29, 0.717) is 25.2 Å². The number of hydrogen-bond acceptors (Lipinski definition) is 6. The Morgan fingerprint density at radius 2 is 2.06 bits per heavy atom. The maximum atomic E-state index is 13.4. The Balaban J connectivity index is 1.41. The molecule has 1 amide bonds. The second-order valence-corrected chi connectivity index (χ2v) is 8.23. The van der Waals surface area contributed by atoms with Crippen LogP contribution in [0.25, 0.3) is 5.78 Å². The summed E-state index contributed by atoms with van der Waals surface area (Å²) in [6, 6.07) is 9.27. The number of hydrogen-bond donors (Lipinski definition) is 2. The van der Waals surface area contributed by atoms with Crippen LogP contribution in [0.1, 0.15) is 46.0 Å². The van der Waals surface area contributed by atoms with Gasteiger partial charge in [-0.3, -0.25) is 10.1 Å². The Hall–Kier alpha value is -2.98. The van der Waals surface area contributed by atoms with Crippen LogP contribution in [0.15, 0.2) is 30.3 Å². The molecule has 1 fully saturated rings. The quantitative estimate of drug-likeness (QED) is 0.647. The van der Waals surface area contributed by atoms with Crippen LogP contribution in [-0.2, 0) is 13.0 Å². The van der Waals surface area contributed by atoms with Crippen molar-refractivity contribution < 1.29 is 18.7 Å². The van der Waals surface area contributed by atoms with Crippen LogP contribution in [0, 0.1) is 12.8 Å². The number of halogens is 2. The summed E-state index contributed by atoms with van der Waals surface area (Å²) in [7, 11) is 0. The molecule has 2 aliphatic rings. The molecule has 3 aromatic rings. The lowest BCUT2D eigenvalue weighted by Gasteiger charge is -2.44. The number of likely N-dealkylation sites (tertiary alicyclic amines) is 1. The number of nitrogens with zero attached hydrogens (tertiary/aromatic N) is 5. The van der Waals surface area contributed by atoms with Crippen molar-refractivity contribution in [1.82, 2.24) is 29.8 Å². The number of alkyl halides is 2. The number of rotatable bonds is 2. The number of piperidine rings is 1. The van der Waals surface area contributed by atoms with E-state index in [1.807, 2.05) is 18.2 Å². The lowest BCUT2D eigenvalue weighted by Crippen LogP contribution is -2.62. The zero-order valence-corrected chi connectivity index (χ0v) is 16.9. The maximum Gasteiger partial charge on any atom is 0.293 e. The van der Waals surface area contributed by atoms with Gasteiger partial charge in [-0.25, -0.2) is 13.8 Å². The summed E-state index contributed by atoms with van der Waals surface area (Å²) in [6.45, 7) is 2.56. The Bertz CT molecular complexity index is 1170. The van der Waals surface area contributed by atoms with Gasteiger partial charge in [0.2, 0.25) is 5.82 Å². The third-order valence-electron chi connectivity index (χ3n) is 6.19. The Kier molecular flexibility index (Phi) is 4.71. The lowest BCUT2D eigenvalue weighted by atomic mass is 9.83. The van der Waals surface area contributed by atoms with Gasteiger partial charge in [0.05, 0.1) is 6.54 Å². The average Bonchev–Trinajstić information content (AvgIpc) is 3.10. The number of aliphatic hydroxyl groups is 1. The molecule has 0 radical (unpaired) electrons. The zero-order chi connectivity index (χ0) is 21.8. The Labute approximate surface area is 176 Å². The lowest BCUT2D eigenvalue weighted by molar-refractivity contribution is -0.0924. The van der Waals surface area contributed by atoms with Crippen LogP contribution in [0.5, 0.6) is 0 Å². The van der Waals surface area contributed by atoms with Crippen molar-refractivity contribution in [3.05, 3.63) is 58.7 Å². The van der Waals surface area contributed by atoms with Gasteiger partial charge in [-0.05, 0) is 37.0 Å². The number of nitrogens with one attached hydrogen (secondary N) is 1. The third-order valence-corrected chi connectivity index (χ3v) is 6.19. The summed E-state index contributed by atoms with van der Waals surface area (Å²) in [6.07, 6.45) is -1.46. The maximum absolute atomic E-state index is 13.4. The molecular formula is C21H22F2N6O2. The van der Waals surface area contributed by atoms with E-state index in [9.17, 15) is 18.7 Å². The monoisotopic (exact) mass is 428 g/mol. The molecule has 4 heterocycles. The number of carbonyl (C=O) groups excluding carboxylic acids is 1. The molecule has 2 N–H and O–H groups in total. The van der Waals surface area contributed by atoms with Gasteiger partial charge in [0, 0.05) is 24.7 Å². The average molecular weight is 428 g/mol. The SMILES string of the molecule is Cc1cc(C(F)F)n2nc(C(=O)N3CC[C@@H]4Cc5ccccc5CN[C@@]4(O)C3)nc2n1. The van der Waals surface area contributed by atoms with Crippen LogP contribution < -0.4 is 5.32 Å². The number of carbonyl (C=O) groups is 1. The zero-order valence-electron chi connectivity index (χ0n) is 16.9. The fourth-order valence-electron chi connectivity index (χ4n) is 4.54. The van der Waals surface area contributed by atoms with Crippen LogP contribution in [-0.4, -0.2) is 54.3 Å². The van der Waals surface area contributed by atoms with E-state index in [1.54, 1.807) is 6.92 Å². The normalized spacial score (nSPS) is 23.5. The summed E-state index contributed by atoms with van der Waals surface area (Å²) in [5.41, 5.74) is 1.07. The third kappa shape index (κ3) is 3.45. The van der Waals surface area contributed by atoms with Gasteiger partial charge in [0.15, 0.2) is 0 Å². The number of aromatic nitrogens is 4. The van der Waals surface area contributed by atoms with Crippen molar-refractivity contribution in [2.24, 2.45) is 5.92 Å². The van der Waals surface area contributed by atoms with Gasteiger partial charge in [-0.1, -0.05) is 24.3 Å². The molecule has 2 aliphatic heterocycles. The fraction of sp³-hybridized carbons (Fsp3) is 0.429. The number of amides is 1. The van der Waals surface area contributed by atoms with Gasteiger partial charge < -0.3 is 10.0 Å². The Morgan fingerprint density at radius 3 is 2.84 bits per heavy atom. The molecule has 0 bridgehead atoms. The minimum atomic E-state index is -2.78. The predicted octanol–water partition coefficient (Wildman–Crippen LogP) is 1.87. The topological polar surface area (TPSA) is 95.7 Å². The molecule has 2 atom stereocenters. The first kappa shape index (κ1) is 20.0. The van der Waals surface area contributed by atoms with Crippen molar-refractivity contribution in [3.63, 3.8) is 0 Å². The van der Waals surface area contributed by atoms with Crippen LogP contribution in [0.3, 0.4) is 0 Å². The van der Waals surface area contributed by atoms with Gasteiger partial charge in [0.25, 0.3) is 18.1 Å². The molecule has 31 heavy (non-hydrogen) atoms. The molecule has 10 heteroatoms. The summed E-state index contributed by atoms with van der Waals surface area (Å²) < 4.78 is 27.7. The van der Waals surface area contributed by atoms with E-state index in [-0.39, 0.29) is 29.8 Å². The highest BCUT2D eigenvalue weighted by Gasteiger charge is 2.45. The molecule has 0 unspecified atom stereocenters. The van der Waals surface area contributed by atoms with E-state index in [4.69, 9.17) is 0 Å². The predicted molar refractivity (Wildman–Crippen MR) is 106 cm³/mol. The van der Waals surface area contributed by atoms with Crippen molar-refractivity contribution in [1.29, 1.82) is 0 Å². The van der Waals surface area contributed by atoms with E-state index in [2.05, 4.69) is 26.4 Å². The Morgan fingerprint density at radius 1 is 1.29 bits per heavy atom. The highest BCUT2D eigenvalue weighted by atomic mass is 19.3. The van der Waals surface area contributed by atoms with E-state index in [1.165, 1.54) is 16.5 Å². The number of benzene rings is 1.